The second-order valence-corrected chi connectivity index (χ2v) is 6.12. The maximum absolute atomic E-state index is 12.9. The summed E-state index contributed by atoms with van der Waals surface area (Å²) >= 11 is 5.94. The van der Waals surface area contributed by atoms with Crippen molar-refractivity contribution in [2.45, 2.75) is 13.5 Å². The van der Waals surface area contributed by atoms with Gasteiger partial charge in [0.15, 0.2) is 0 Å². The van der Waals surface area contributed by atoms with E-state index in [1.54, 1.807) is 18.2 Å². The van der Waals surface area contributed by atoms with Gasteiger partial charge in [0.25, 0.3) is 5.91 Å². The lowest BCUT2D eigenvalue weighted by Gasteiger charge is -2.09. The third kappa shape index (κ3) is 4.55. The van der Waals surface area contributed by atoms with Gasteiger partial charge >= 0.3 is 0 Å². The highest BCUT2D eigenvalue weighted by Crippen LogP contribution is 2.22. The number of aryl methyl sites for hydroxylation is 1. The van der Waals surface area contributed by atoms with Gasteiger partial charge in [-0.1, -0.05) is 23.7 Å². The summed E-state index contributed by atoms with van der Waals surface area (Å²) in [6.07, 6.45) is 2.88. The Labute approximate surface area is 155 Å². The van der Waals surface area contributed by atoms with E-state index in [2.05, 4.69) is 20.6 Å². The molecule has 3 aromatic rings. The summed E-state index contributed by atoms with van der Waals surface area (Å²) in [5, 5.41) is 6.51. The van der Waals surface area contributed by atoms with Crippen molar-refractivity contribution >= 4 is 29.0 Å². The predicted molar refractivity (Wildman–Crippen MR) is 99.1 cm³/mol. The molecular weight excluding hydrogens is 355 g/mol. The lowest BCUT2D eigenvalue weighted by molar-refractivity contribution is 0.0945. The average molecular weight is 371 g/mol. The summed E-state index contributed by atoms with van der Waals surface area (Å²) in [6, 6.07) is 11.4. The van der Waals surface area contributed by atoms with Gasteiger partial charge in [-0.15, -0.1) is 0 Å². The molecule has 0 aliphatic rings. The van der Waals surface area contributed by atoms with Gasteiger partial charge in [-0.2, -0.15) is 0 Å². The summed E-state index contributed by atoms with van der Waals surface area (Å²) in [6.45, 7) is 2.21. The van der Waals surface area contributed by atoms with Crippen molar-refractivity contribution < 1.29 is 9.18 Å². The molecule has 0 saturated carbocycles. The maximum Gasteiger partial charge on any atom is 0.271 e. The quantitative estimate of drug-likeness (QED) is 0.704. The maximum atomic E-state index is 12.9. The molecule has 0 radical (unpaired) electrons. The first kappa shape index (κ1) is 17.8. The number of rotatable bonds is 5. The van der Waals surface area contributed by atoms with Crippen LogP contribution in [0.15, 0.2) is 54.9 Å². The van der Waals surface area contributed by atoms with Crippen LogP contribution in [0.4, 0.5) is 15.9 Å². The Morgan fingerprint density at radius 3 is 2.54 bits per heavy atom. The Bertz CT molecular complexity index is 914. The number of amides is 1. The number of hydrogen-bond donors (Lipinski definition) is 2. The molecule has 0 spiro atoms. The number of halogens is 2. The molecule has 1 aromatic heterocycles. The van der Waals surface area contributed by atoms with Crippen LogP contribution in [0.5, 0.6) is 0 Å². The third-order valence-corrected chi connectivity index (χ3v) is 3.94. The number of benzene rings is 2. The van der Waals surface area contributed by atoms with Gasteiger partial charge in [-0.25, -0.2) is 14.4 Å². The van der Waals surface area contributed by atoms with Crippen LogP contribution in [0.1, 0.15) is 21.6 Å². The van der Waals surface area contributed by atoms with Gasteiger partial charge in [0.05, 0.1) is 12.4 Å². The number of nitrogens with one attached hydrogen (secondary N) is 2. The van der Waals surface area contributed by atoms with Crippen molar-refractivity contribution in [3.63, 3.8) is 0 Å². The van der Waals surface area contributed by atoms with Crippen molar-refractivity contribution in [2.24, 2.45) is 0 Å². The van der Waals surface area contributed by atoms with Gasteiger partial charge < -0.3 is 10.6 Å². The van der Waals surface area contributed by atoms with Crippen LogP contribution in [-0.2, 0) is 6.54 Å². The predicted octanol–water partition coefficient (Wildman–Crippen LogP) is 4.25. The molecule has 5 nitrogen and oxygen atoms in total. The highest BCUT2D eigenvalue weighted by molar-refractivity contribution is 6.30. The summed E-state index contributed by atoms with van der Waals surface area (Å²) in [7, 11) is 0. The fraction of sp³-hybridized carbons (Fsp3) is 0.105. The van der Waals surface area contributed by atoms with E-state index in [-0.39, 0.29) is 24.0 Å². The van der Waals surface area contributed by atoms with E-state index in [1.165, 1.54) is 24.5 Å². The standard InChI is InChI=1S/C19H16ClFN4O/c1-12-8-14(20)4-7-16(12)25-18-11-22-17(10-23-18)19(26)24-9-13-2-5-15(21)6-3-13/h2-8,10-11H,9H2,1H3,(H,23,25)(H,24,26). The number of nitrogens with zero attached hydrogens (tertiary/aromatic N) is 2. The van der Waals surface area contributed by atoms with E-state index in [9.17, 15) is 9.18 Å². The fourth-order valence-electron chi connectivity index (χ4n) is 2.29. The van der Waals surface area contributed by atoms with Crippen molar-refractivity contribution in [2.75, 3.05) is 5.32 Å². The van der Waals surface area contributed by atoms with E-state index < -0.39 is 0 Å². The minimum Gasteiger partial charge on any atom is -0.347 e. The summed E-state index contributed by atoms with van der Waals surface area (Å²) in [5.41, 5.74) is 2.83. The largest absolute Gasteiger partial charge is 0.347 e. The first-order chi connectivity index (χ1) is 12.5. The first-order valence-corrected chi connectivity index (χ1v) is 8.27. The van der Waals surface area contributed by atoms with E-state index in [1.807, 2.05) is 19.1 Å². The van der Waals surface area contributed by atoms with Crippen LogP contribution in [0.25, 0.3) is 0 Å². The molecule has 0 bridgehead atoms. The molecule has 3 rings (SSSR count). The minimum atomic E-state index is -0.351. The second kappa shape index (κ2) is 7.93. The van der Waals surface area contributed by atoms with Crippen LogP contribution in [-0.4, -0.2) is 15.9 Å². The number of carbonyl (C=O) groups excluding carboxylic acids is 1. The zero-order valence-corrected chi connectivity index (χ0v) is 14.7. The number of anilines is 2. The molecule has 2 aromatic carbocycles. The average Bonchev–Trinajstić information content (AvgIpc) is 2.64. The third-order valence-electron chi connectivity index (χ3n) is 3.70. The van der Waals surface area contributed by atoms with Crippen LogP contribution in [0.2, 0.25) is 5.02 Å². The Balaban J connectivity index is 1.61. The second-order valence-electron chi connectivity index (χ2n) is 5.68. The molecule has 0 aliphatic heterocycles. The zero-order valence-electron chi connectivity index (χ0n) is 14.0. The lowest BCUT2D eigenvalue weighted by atomic mass is 10.2. The highest BCUT2D eigenvalue weighted by atomic mass is 35.5. The van der Waals surface area contributed by atoms with Gasteiger partial charge in [0.2, 0.25) is 0 Å². The summed E-state index contributed by atoms with van der Waals surface area (Å²) in [5.74, 6) is -0.147. The molecule has 2 N–H and O–H groups in total. The van der Waals surface area contributed by atoms with Crippen molar-refractivity contribution in [1.82, 2.24) is 15.3 Å². The van der Waals surface area contributed by atoms with Crippen LogP contribution in [0.3, 0.4) is 0 Å². The Morgan fingerprint density at radius 1 is 1.12 bits per heavy atom. The van der Waals surface area contributed by atoms with Crippen LogP contribution in [0, 0.1) is 12.7 Å². The van der Waals surface area contributed by atoms with Gasteiger partial charge in [0.1, 0.15) is 17.3 Å². The zero-order chi connectivity index (χ0) is 18.5. The molecule has 0 fully saturated rings. The molecule has 0 atom stereocenters. The van der Waals surface area contributed by atoms with Gasteiger partial charge in [-0.3, -0.25) is 4.79 Å². The van der Waals surface area contributed by atoms with Crippen molar-refractivity contribution in [3.8, 4) is 0 Å². The molecule has 0 saturated heterocycles. The summed E-state index contributed by atoms with van der Waals surface area (Å²) in [4.78, 5) is 20.5. The van der Waals surface area contributed by atoms with E-state index >= 15 is 0 Å². The normalized spacial score (nSPS) is 10.4. The smallest absolute Gasteiger partial charge is 0.271 e. The van der Waals surface area contributed by atoms with E-state index in [0.717, 1.165) is 16.8 Å². The molecule has 7 heteroatoms. The molecule has 26 heavy (non-hydrogen) atoms. The monoisotopic (exact) mass is 370 g/mol. The molecular formula is C19H16ClFN4O. The SMILES string of the molecule is Cc1cc(Cl)ccc1Nc1cnc(C(=O)NCc2ccc(F)cc2)cn1. The highest BCUT2D eigenvalue weighted by Gasteiger charge is 2.08. The fourth-order valence-corrected chi connectivity index (χ4v) is 2.52. The van der Waals surface area contributed by atoms with Crippen LogP contribution >= 0.6 is 11.6 Å². The van der Waals surface area contributed by atoms with E-state index in [4.69, 9.17) is 11.6 Å². The van der Waals surface area contributed by atoms with Gasteiger partial charge in [-0.05, 0) is 48.4 Å². The number of carbonyl (C=O) groups is 1. The van der Waals surface area contributed by atoms with Crippen LogP contribution < -0.4 is 10.6 Å². The van der Waals surface area contributed by atoms with Gasteiger partial charge in [0, 0.05) is 17.3 Å². The molecule has 0 aliphatic carbocycles. The van der Waals surface area contributed by atoms with Crippen molar-refractivity contribution in [1.29, 1.82) is 0 Å². The first-order valence-electron chi connectivity index (χ1n) is 7.89. The topological polar surface area (TPSA) is 66.9 Å². The number of aromatic nitrogens is 2. The Morgan fingerprint density at radius 2 is 1.88 bits per heavy atom. The summed E-state index contributed by atoms with van der Waals surface area (Å²) < 4.78 is 12.9. The van der Waals surface area contributed by atoms with E-state index in [0.29, 0.717) is 10.8 Å². The molecule has 132 valence electrons. The Hall–Kier alpha value is -2.99. The molecule has 1 heterocycles. The lowest BCUT2D eigenvalue weighted by Crippen LogP contribution is -2.24. The number of hydrogen-bond acceptors (Lipinski definition) is 4. The van der Waals surface area contributed by atoms with Crippen molar-refractivity contribution in [3.05, 3.63) is 82.5 Å². The minimum absolute atomic E-state index is 0.200. The molecule has 1 amide bonds. The Kier molecular flexibility index (Phi) is 5.43. The molecule has 0 unspecified atom stereocenters.